The second kappa shape index (κ2) is 6.83. The standard InChI is InChI=1S/C16H21FN2O/c17-15-6-5-13(9-14(15)10-18)11-19-12-16(20)7-3-1-2-4-8-16/h5-6,9,19-20H,1-4,7-8,11-12H2. The topological polar surface area (TPSA) is 56.0 Å². The molecule has 0 radical (unpaired) electrons. The van der Waals surface area contributed by atoms with Crippen LogP contribution in [0.3, 0.4) is 0 Å². The fraction of sp³-hybridized carbons (Fsp3) is 0.562. The molecule has 1 aliphatic carbocycles. The molecular weight excluding hydrogens is 255 g/mol. The number of benzene rings is 1. The molecule has 0 atom stereocenters. The number of hydrogen-bond donors (Lipinski definition) is 2. The Morgan fingerprint density at radius 3 is 2.60 bits per heavy atom. The lowest BCUT2D eigenvalue weighted by molar-refractivity contribution is 0.0250. The van der Waals surface area contributed by atoms with E-state index < -0.39 is 11.4 Å². The van der Waals surface area contributed by atoms with E-state index in [0.29, 0.717) is 13.1 Å². The van der Waals surface area contributed by atoms with Crippen molar-refractivity contribution < 1.29 is 9.50 Å². The van der Waals surface area contributed by atoms with Crippen LogP contribution in [0.2, 0.25) is 0 Å². The van der Waals surface area contributed by atoms with E-state index in [1.807, 2.05) is 6.07 Å². The van der Waals surface area contributed by atoms with Crippen molar-refractivity contribution in [1.29, 1.82) is 5.26 Å². The van der Waals surface area contributed by atoms with Gasteiger partial charge in [-0.15, -0.1) is 0 Å². The van der Waals surface area contributed by atoms with Gasteiger partial charge >= 0.3 is 0 Å². The predicted octanol–water partition coefficient (Wildman–Crippen LogP) is 2.87. The molecule has 3 nitrogen and oxygen atoms in total. The van der Waals surface area contributed by atoms with E-state index in [9.17, 15) is 9.50 Å². The molecule has 0 aromatic heterocycles. The fourth-order valence-corrected chi connectivity index (χ4v) is 2.77. The maximum atomic E-state index is 13.2. The van der Waals surface area contributed by atoms with E-state index in [-0.39, 0.29) is 5.56 Å². The van der Waals surface area contributed by atoms with Gasteiger partial charge < -0.3 is 10.4 Å². The van der Waals surface area contributed by atoms with Crippen LogP contribution in [0, 0.1) is 17.1 Å². The van der Waals surface area contributed by atoms with Crippen LogP contribution in [-0.4, -0.2) is 17.3 Å². The van der Waals surface area contributed by atoms with Crippen molar-refractivity contribution in [3.05, 3.63) is 35.1 Å². The van der Waals surface area contributed by atoms with Crippen LogP contribution in [0.4, 0.5) is 4.39 Å². The summed E-state index contributed by atoms with van der Waals surface area (Å²) in [4.78, 5) is 0. The molecule has 1 aromatic carbocycles. The molecule has 0 bridgehead atoms. The largest absolute Gasteiger partial charge is 0.389 e. The summed E-state index contributed by atoms with van der Waals surface area (Å²) in [5, 5.41) is 22.5. The molecule has 1 saturated carbocycles. The van der Waals surface area contributed by atoms with Crippen molar-refractivity contribution in [2.75, 3.05) is 6.54 Å². The highest BCUT2D eigenvalue weighted by atomic mass is 19.1. The molecule has 2 N–H and O–H groups in total. The van der Waals surface area contributed by atoms with Crippen LogP contribution >= 0.6 is 0 Å². The molecule has 1 fully saturated rings. The van der Waals surface area contributed by atoms with Crippen molar-refractivity contribution in [2.24, 2.45) is 0 Å². The second-order valence-electron chi connectivity index (χ2n) is 5.67. The normalized spacial score (nSPS) is 18.2. The molecular formula is C16H21FN2O. The van der Waals surface area contributed by atoms with Gasteiger partial charge in [0.1, 0.15) is 11.9 Å². The summed E-state index contributed by atoms with van der Waals surface area (Å²) in [7, 11) is 0. The minimum Gasteiger partial charge on any atom is -0.389 e. The van der Waals surface area contributed by atoms with Gasteiger partial charge in [-0.05, 0) is 30.5 Å². The van der Waals surface area contributed by atoms with Gasteiger partial charge in [0.2, 0.25) is 0 Å². The Morgan fingerprint density at radius 2 is 1.95 bits per heavy atom. The Kier molecular flexibility index (Phi) is 5.11. The molecule has 1 aromatic rings. The summed E-state index contributed by atoms with van der Waals surface area (Å²) in [5.41, 5.74) is 0.312. The van der Waals surface area contributed by atoms with Gasteiger partial charge in [0.15, 0.2) is 0 Å². The van der Waals surface area contributed by atoms with E-state index in [4.69, 9.17) is 5.26 Å². The Hall–Kier alpha value is -1.44. The monoisotopic (exact) mass is 276 g/mol. The lowest BCUT2D eigenvalue weighted by Gasteiger charge is -2.27. The Morgan fingerprint density at radius 1 is 1.25 bits per heavy atom. The molecule has 108 valence electrons. The smallest absolute Gasteiger partial charge is 0.140 e. The number of hydrogen-bond acceptors (Lipinski definition) is 3. The SMILES string of the molecule is N#Cc1cc(CNCC2(O)CCCCCC2)ccc1F. The Labute approximate surface area is 119 Å². The Bertz CT molecular complexity index is 488. The van der Waals surface area contributed by atoms with E-state index in [1.165, 1.54) is 18.9 Å². The maximum absolute atomic E-state index is 13.2. The summed E-state index contributed by atoms with van der Waals surface area (Å²) in [6.07, 6.45) is 6.23. The number of rotatable bonds is 4. The van der Waals surface area contributed by atoms with Crippen LogP contribution in [0.25, 0.3) is 0 Å². The van der Waals surface area contributed by atoms with Crippen LogP contribution in [0.1, 0.15) is 49.7 Å². The number of aliphatic hydroxyl groups is 1. The summed E-state index contributed by atoms with van der Waals surface area (Å²) in [6, 6.07) is 6.38. The summed E-state index contributed by atoms with van der Waals surface area (Å²) in [6.45, 7) is 1.09. The first-order chi connectivity index (χ1) is 9.63. The minimum atomic E-state index is -0.616. The fourth-order valence-electron chi connectivity index (χ4n) is 2.77. The van der Waals surface area contributed by atoms with Crippen LogP contribution < -0.4 is 5.32 Å². The molecule has 0 amide bonds. The van der Waals surface area contributed by atoms with Gasteiger partial charge in [0.05, 0.1) is 11.2 Å². The maximum Gasteiger partial charge on any atom is 0.140 e. The molecule has 20 heavy (non-hydrogen) atoms. The summed E-state index contributed by atoms with van der Waals surface area (Å²) < 4.78 is 13.2. The Balaban J connectivity index is 1.87. The van der Waals surface area contributed by atoms with Crippen LogP contribution in [0.15, 0.2) is 18.2 Å². The zero-order chi connectivity index (χ0) is 14.4. The quantitative estimate of drug-likeness (QED) is 0.831. The van der Waals surface area contributed by atoms with Crippen molar-refractivity contribution in [3.8, 4) is 6.07 Å². The molecule has 1 aliphatic rings. The molecule has 4 heteroatoms. The first-order valence-corrected chi connectivity index (χ1v) is 7.25. The van der Waals surface area contributed by atoms with Gasteiger partial charge in [0, 0.05) is 13.1 Å². The third-order valence-electron chi connectivity index (χ3n) is 3.97. The number of nitrogens with one attached hydrogen (secondary N) is 1. The van der Waals surface area contributed by atoms with Gasteiger partial charge in [0.25, 0.3) is 0 Å². The zero-order valence-corrected chi connectivity index (χ0v) is 11.7. The molecule has 2 rings (SSSR count). The minimum absolute atomic E-state index is 0.0671. The first-order valence-electron chi connectivity index (χ1n) is 7.25. The van der Waals surface area contributed by atoms with Crippen molar-refractivity contribution >= 4 is 0 Å². The first kappa shape index (κ1) is 15.0. The number of nitrogens with zero attached hydrogens (tertiary/aromatic N) is 1. The highest BCUT2D eigenvalue weighted by molar-refractivity contribution is 5.34. The van der Waals surface area contributed by atoms with Gasteiger partial charge in [-0.3, -0.25) is 0 Å². The summed E-state index contributed by atoms with van der Waals surface area (Å²) >= 11 is 0. The molecule has 0 heterocycles. The second-order valence-corrected chi connectivity index (χ2v) is 5.67. The van der Waals surface area contributed by atoms with Crippen molar-refractivity contribution in [1.82, 2.24) is 5.32 Å². The van der Waals surface area contributed by atoms with E-state index >= 15 is 0 Å². The molecule has 0 spiro atoms. The third kappa shape index (κ3) is 4.03. The molecule has 0 saturated heterocycles. The van der Waals surface area contributed by atoms with Gasteiger partial charge in [-0.2, -0.15) is 5.26 Å². The number of nitriles is 1. The van der Waals surface area contributed by atoms with Crippen molar-refractivity contribution in [3.63, 3.8) is 0 Å². The zero-order valence-electron chi connectivity index (χ0n) is 11.7. The molecule has 0 unspecified atom stereocenters. The van der Waals surface area contributed by atoms with Crippen molar-refractivity contribution in [2.45, 2.75) is 50.7 Å². The average Bonchev–Trinajstić information content (AvgIpc) is 2.66. The third-order valence-corrected chi connectivity index (χ3v) is 3.97. The highest BCUT2D eigenvalue weighted by Crippen LogP contribution is 2.26. The molecule has 0 aliphatic heterocycles. The van der Waals surface area contributed by atoms with E-state index in [0.717, 1.165) is 31.2 Å². The van der Waals surface area contributed by atoms with E-state index in [2.05, 4.69) is 5.32 Å². The summed E-state index contributed by atoms with van der Waals surface area (Å²) in [5.74, 6) is -0.487. The highest BCUT2D eigenvalue weighted by Gasteiger charge is 2.27. The van der Waals surface area contributed by atoms with E-state index in [1.54, 1.807) is 12.1 Å². The lowest BCUT2D eigenvalue weighted by atomic mass is 9.94. The van der Waals surface area contributed by atoms with Crippen LogP contribution in [0.5, 0.6) is 0 Å². The van der Waals surface area contributed by atoms with Gasteiger partial charge in [-0.25, -0.2) is 4.39 Å². The number of halogens is 1. The van der Waals surface area contributed by atoms with Crippen LogP contribution in [-0.2, 0) is 6.54 Å². The average molecular weight is 276 g/mol. The van der Waals surface area contributed by atoms with Gasteiger partial charge in [-0.1, -0.05) is 31.7 Å². The predicted molar refractivity (Wildman–Crippen MR) is 75.5 cm³/mol. The lowest BCUT2D eigenvalue weighted by Crippen LogP contribution is -2.39.